The first-order valence-corrected chi connectivity index (χ1v) is 8.91. The molecular formula is C10H12N2O8Se. The van der Waals surface area contributed by atoms with Crippen LogP contribution in [0.25, 0.3) is 0 Å². The zero-order chi connectivity index (χ0) is 15.0. The molecule has 21 heavy (non-hydrogen) atoms. The Kier molecular flexibility index (Phi) is 3.57. The van der Waals surface area contributed by atoms with E-state index >= 15 is 0 Å². The second kappa shape index (κ2) is 5.26. The molecule has 1 spiro atoms. The minimum absolute atomic E-state index is 0.169. The first-order valence-electron chi connectivity index (χ1n) is 6.11. The summed E-state index contributed by atoms with van der Waals surface area (Å²) in [4.78, 5) is 50.3. The molecule has 0 aliphatic carbocycles. The number of carbonyl (C=O) groups excluding carboxylic acids is 4. The molecule has 0 amide bonds. The van der Waals surface area contributed by atoms with Gasteiger partial charge in [-0.1, -0.05) is 0 Å². The second-order valence-corrected chi connectivity index (χ2v) is 7.76. The fraction of sp³-hybridized carbons (Fsp3) is 0.600. The van der Waals surface area contributed by atoms with E-state index in [0.717, 1.165) is 0 Å². The number of fused-ring (bicyclic) bond motifs is 4. The Morgan fingerprint density at radius 1 is 0.619 bits per heavy atom. The van der Waals surface area contributed by atoms with Crippen molar-refractivity contribution in [2.24, 2.45) is 0 Å². The van der Waals surface area contributed by atoms with Gasteiger partial charge in [0.15, 0.2) is 0 Å². The van der Waals surface area contributed by atoms with Gasteiger partial charge in [0, 0.05) is 0 Å². The Balaban J connectivity index is 2.04. The van der Waals surface area contributed by atoms with E-state index in [0.29, 0.717) is 13.1 Å². The molecule has 0 saturated carbocycles. The van der Waals surface area contributed by atoms with Crippen molar-refractivity contribution in [1.82, 2.24) is 9.80 Å². The number of nitrogens with zero attached hydrogens (tertiary/aromatic N) is 2. The van der Waals surface area contributed by atoms with Crippen LogP contribution in [0.2, 0.25) is 0 Å². The molecule has 5 rings (SSSR count). The Bertz CT molecular complexity index is 434. The molecule has 116 valence electrons. The summed E-state index contributed by atoms with van der Waals surface area (Å²) in [7, 11) is 0. The van der Waals surface area contributed by atoms with E-state index < -0.39 is 38.0 Å². The van der Waals surface area contributed by atoms with Crippen molar-refractivity contribution in [2.45, 2.75) is 0 Å². The standard InChI is InChI=1S/C10H12N2O8Se/c13-7-3-11-1-2-12-5-9(15)19-21(17-7,18-8(14)4-11)20-10(16)6-12/h1-6H2. The average molecular weight is 367 g/mol. The van der Waals surface area contributed by atoms with Gasteiger partial charge in [0.2, 0.25) is 0 Å². The summed E-state index contributed by atoms with van der Waals surface area (Å²) >= 11 is -4.68. The van der Waals surface area contributed by atoms with Gasteiger partial charge in [-0.05, 0) is 0 Å². The van der Waals surface area contributed by atoms with Crippen molar-refractivity contribution in [3.05, 3.63) is 0 Å². The van der Waals surface area contributed by atoms with Crippen LogP contribution in [-0.4, -0.2) is 87.1 Å². The molecule has 5 aliphatic heterocycles. The Hall–Kier alpha value is -1.68. The molecule has 0 aromatic carbocycles. The molecule has 5 heterocycles. The summed E-state index contributed by atoms with van der Waals surface area (Å²) in [6.45, 7) is -0.0921. The molecule has 10 nitrogen and oxygen atoms in total. The predicted octanol–water partition coefficient (Wildman–Crippen LogP) is -2.76. The fourth-order valence-electron chi connectivity index (χ4n) is 2.10. The molecular weight excluding hydrogens is 355 g/mol. The first-order chi connectivity index (χ1) is 9.94. The minimum atomic E-state index is -4.68. The predicted molar refractivity (Wildman–Crippen MR) is 63.0 cm³/mol. The van der Waals surface area contributed by atoms with E-state index in [1.54, 1.807) is 0 Å². The van der Waals surface area contributed by atoms with Crippen LogP contribution in [0.4, 0.5) is 0 Å². The van der Waals surface area contributed by atoms with Gasteiger partial charge in [-0.15, -0.1) is 0 Å². The number of carbonyl (C=O) groups is 4. The molecule has 0 radical (unpaired) electrons. The fourth-order valence-corrected chi connectivity index (χ4v) is 4.89. The molecule has 0 aromatic heterocycles. The van der Waals surface area contributed by atoms with Crippen LogP contribution in [0.1, 0.15) is 0 Å². The van der Waals surface area contributed by atoms with Crippen LogP contribution >= 0.6 is 0 Å². The summed E-state index contributed by atoms with van der Waals surface area (Å²) in [5.41, 5.74) is 0. The zero-order valence-electron chi connectivity index (χ0n) is 10.8. The van der Waals surface area contributed by atoms with Gasteiger partial charge < -0.3 is 0 Å². The van der Waals surface area contributed by atoms with E-state index in [1.165, 1.54) is 9.80 Å². The van der Waals surface area contributed by atoms with E-state index in [2.05, 4.69) is 0 Å². The Morgan fingerprint density at radius 3 is 1.19 bits per heavy atom. The quantitative estimate of drug-likeness (QED) is 0.418. The summed E-state index contributed by atoms with van der Waals surface area (Å²) < 4.78 is 19.8. The normalized spacial score (nSPS) is 39.6. The molecule has 0 unspecified atom stereocenters. The molecule has 0 aromatic rings. The van der Waals surface area contributed by atoms with Gasteiger partial charge >= 0.3 is 122 Å². The zero-order valence-corrected chi connectivity index (χ0v) is 12.5. The van der Waals surface area contributed by atoms with Gasteiger partial charge in [0.1, 0.15) is 0 Å². The van der Waals surface area contributed by atoms with E-state index in [9.17, 15) is 19.2 Å². The van der Waals surface area contributed by atoms with Crippen LogP contribution < -0.4 is 0 Å². The summed E-state index contributed by atoms with van der Waals surface area (Å²) in [6.07, 6.45) is 0. The molecule has 11 heteroatoms. The third kappa shape index (κ3) is 3.16. The number of hydrogen-bond donors (Lipinski definition) is 0. The van der Waals surface area contributed by atoms with Gasteiger partial charge in [-0.3, -0.25) is 0 Å². The monoisotopic (exact) mass is 368 g/mol. The van der Waals surface area contributed by atoms with Crippen molar-refractivity contribution in [1.29, 1.82) is 0 Å². The SMILES string of the molecule is O=C1CN2CCN3CC(=O)O[Se](O1)(OC(=O)C2)OC(=O)C3. The van der Waals surface area contributed by atoms with Crippen LogP contribution in [0.3, 0.4) is 0 Å². The Morgan fingerprint density at radius 2 is 0.905 bits per heavy atom. The Labute approximate surface area is 122 Å². The topological polar surface area (TPSA) is 112 Å². The third-order valence-corrected chi connectivity index (χ3v) is 6.20. The van der Waals surface area contributed by atoms with Gasteiger partial charge in [0.05, 0.1) is 0 Å². The maximum atomic E-state index is 11.8. The van der Waals surface area contributed by atoms with Crippen LogP contribution in [0.5, 0.6) is 0 Å². The molecule has 0 N–H and O–H groups in total. The van der Waals surface area contributed by atoms with Crippen LogP contribution in [-0.2, 0) is 34.5 Å². The van der Waals surface area contributed by atoms with Gasteiger partial charge in [-0.2, -0.15) is 0 Å². The molecule has 0 atom stereocenters. The van der Waals surface area contributed by atoms with Crippen molar-refractivity contribution in [3.8, 4) is 0 Å². The molecule has 5 fully saturated rings. The van der Waals surface area contributed by atoms with Crippen LogP contribution in [0.15, 0.2) is 0 Å². The van der Waals surface area contributed by atoms with Crippen molar-refractivity contribution in [2.75, 3.05) is 39.3 Å². The molecule has 5 aliphatic rings. The van der Waals surface area contributed by atoms with Gasteiger partial charge in [-0.25, -0.2) is 0 Å². The van der Waals surface area contributed by atoms with Crippen molar-refractivity contribution < 1.29 is 34.5 Å². The number of rotatable bonds is 0. The van der Waals surface area contributed by atoms with Crippen molar-refractivity contribution >= 4 is 38.0 Å². The second-order valence-electron chi connectivity index (χ2n) is 4.65. The van der Waals surface area contributed by atoms with E-state index in [4.69, 9.17) is 15.3 Å². The summed E-state index contributed by atoms with van der Waals surface area (Å²) in [5.74, 6) is -3.06. The van der Waals surface area contributed by atoms with Crippen LogP contribution in [0, 0.1) is 0 Å². The molecule has 5 saturated heterocycles. The average Bonchev–Trinajstić information content (AvgIpc) is 2.35. The van der Waals surface area contributed by atoms with Gasteiger partial charge in [0.25, 0.3) is 0 Å². The van der Waals surface area contributed by atoms with E-state index in [1.807, 2.05) is 0 Å². The third-order valence-electron chi connectivity index (χ3n) is 2.92. The summed E-state index contributed by atoms with van der Waals surface area (Å²) in [6, 6.07) is 0. The van der Waals surface area contributed by atoms with E-state index in [-0.39, 0.29) is 26.2 Å². The summed E-state index contributed by atoms with van der Waals surface area (Å²) in [5, 5.41) is 0. The van der Waals surface area contributed by atoms with Crippen molar-refractivity contribution in [3.63, 3.8) is 0 Å². The maximum absolute atomic E-state index is 11.8. The first kappa shape index (κ1) is 14.3. The molecule has 3 bridgehead atoms. The number of hydrogen-bond acceptors (Lipinski definition) is 10.